The molecule has 7 heteroatoms. The predicted molar refractivity (Wildman–Crippen MR) is 110 cm³/mol. The van der Waals surface area contributed by atoms with Crippen molar-refractivity contribution in [3.63, 3.8) is 0 Å². The lowest BCUT2D eigenvalue weighted by Gasteiger charge is -2.11. The monoisotopic (exact) mass is 388 g/mol. The van der Waals surface area contributed by atoms with Crippen molar-refractivity contribution < 1.29 is 19.0 Å². The van der Waals surface area contributed by atoms with Crippen molar-refractivity contribution in [2.24, 2.45) is 0 Å². The number of hydrogen-bond acceptors (Lipinski definition) is 5. The Morgan fingerprint density at radius 3 is 2.11 bits per heavy atom. The highest BCUT2D eigenvalue weighted by atomic mass is 32.1. The van der Waals surface area contributed by atoms with Gasteiger partial charge in [-0.25, -0.2) is 0 Å². The topological polar surface area (TPSA) is 68.8 Å². The molecule has 0 aliphatic rings. The van der Waals surface area contributed by atoms with Gasteiger partial charge in [0.15, 0.2) is 5.11 Å². The third kappa shape index (κ3) is 7.24. The minimum atomic E-state index is -0.293. The molecular formula is C20H24N2O4S. The van der Waals surface area contributed by atoms with E-state index in [0.29, 0.717) is 31.1 Å². The van der Waals surface area contributed by atoms with Crippen LogP contribution in [0, 0.1) is 0 Å². The molecule has 2 aromatic rings. The van der Waals surface area contributed by atoms with Crippen LogP contribution in [0.25, 0.3) is 0 Å². The van der Waals surface area contributed by atoms with Gasteiger partial charge < -0.3 is 19.5 Å². The zero-order valence-corrected chi connectivity index (χ0v) is 16.3. The highest BCUT2D eigenvalue weighted by Gasteiger charge is 2.08. The number of amides is 1. The van der Waals surface area contributed by atoms with E-state index in [9.17, 15) is 4.79 Å². The number of methoxy groups -OCH3 is 1. The van der Waals surface area contributed by atoms with Crippen LogP contribution in [-0.4, -0.2) is 38.0 Å². The van der Waals surface area contributed by atoms with Crippen LogP contribution in [0.4, 0.5) is 5.69 Å². The smallest absolute Gasteiger partial charge is 0.257 e. The van der Waals surface area contributed by atoms with E-state index in [4.69, 9.17) is 26.4 Å². The summed E-state index contributed by atoms with van der Waals surface area (Å²) >= 11 is 5.20. The number of ether oxygens (including phenoxy) is 3. The number of carbonyl (C=O) groups is 1. The number of hydrogen-bond donors (Lipinski definition) is 2. The molecule has 0 radical (unpaired) electrons. The van der Waals surface area contributed by atoms with E-state index in [2.05, 4.69) is 17.6 Å². The number of carbonyl (C=O) groups excluding carboxylic acids is 1. The molecule has 0 saturated heterocycles. The number of nitrogens with one attached hydrogen (secondary N) is 2. The lowest BCUT2D eigenvalue weighted by molar-refractivity contribution is 0.0977. The van der Waals surface area contributed by atoms with E-state index in [0.717, 1.165) is 17.9 Å². The SMILES string of the molecule is CCCOc1ccc(NC(=S)NC(=O)c2ccc(OCCOC)cc2)cc1. The molecule has 0 aliphatic carbocycles. The van der Waals surface area contributed by atoms with Crippen molar-refractivity contribution in [2.45, 2.75) is 13.3 Å². The fraction of sp³-hybridized carbons (Fsp3) is 0.300. The van der Waals surface area contributed by atoms with Crippen molar-refractivity contribution in [1.29, 1.82) is 0 Å². The van der Waals surface area contributed by atoms with Gasteiger partial charge in [0.2, 0.25) is 0 Å². The Bertz CT molecular complexity index is 733. The number of anilines is 1. The van der Waals surface area contributed by atoms with Gasteiger partial charge in [0, 0.05) is 18.4 Å². The Morgan fingerprint density at radius 2 is 1.52 bits per heavy atom. The maximum Gasteiger partial charge on any atom is 0.257 e. The van der Waals surface area contributed by atoms with Crippen LogP contribution < -0.4 is 20.1 Å². The normalized spacial score (nSPS) is 10.1. The molecule has 0 saturated carbocycles. The predicted octanol–water partition coefficient (Wildman–Crippen LogP) is 3.63. The largest absolute Gasteiger partial charge is 0.494 e. The average Bonchev–Trinajstić information content (AvgIpc) is 2.68. The fourth-order valence-corrected chi connectivity index (χ4v) is 2.35. The average molecular weight is 388 g/mol. The van der Waals surface area contributed by atoms with E-state index in [1.165, 1.54) is 0 Å². The van der Waals surface area contributed by atoms with Gasteiger partial charge in [0.05, 0.1) is 13.2 Å². The highest BCUT2D eigenvalue weighted by Crippen LogP contribution is 2.16. The van der Waals surface area contributed by atoms with Gasteiger partial charge in [-0.05, 0) is 67.2 Å². The molecule has 0 unspecified atom stereocenters. The van der Waals surface area contributed by atoms with E-state index < -0.39 is 0 Å². The Morgan fingerprint density at radius 1 is 0.926 bits per heavy atom. The van der Waals surface area contributed by atoms with E-state index >= 15 is 0 Å². The summed E-state index contributed by atoms with van der Waals surface area (Å²) in [6.45, 7) is 3.70. The van der Waals surface area contributed by atoms with Gasteiger partial charge in [-0.2, -0.15) is 0 Å². The molecule has 2 aromatic carbocycles. The Balaban J connectivity index is 1.83. The summed E-state index contributed by atoms with van der Waals surface area (Å²) in [7, 11) is 1.61. The minimum Gasteiger partial charge on any atom is -0.494 e. The molecule has 27 heavy (non-hydrogen) atoms. The minimum absolute atomic E-state index is 0.225. The van der Waals surface area contributed by atoms with Crippen LogP contribution in [0.1, 0.15) is 23.7 Å². The van der Waals surface area contributed by atoms with Crippen molar-refractivity contribution in [2.75, 3.05) is 32.2 Å². The van der Waals surface area contributed by atoms with Crippen LogP contribution >= 0.6 is 12.2 Å². The summed E-state index contributed by atoms with van der Waals surface area (Å²) < 4.78 is 15.9. The quantitative estimate of drug-likeness (QED) is 0.505. The lowest BCUT2D eigenvalue weighted by atomic mass is 10.2. The molecule has 144 valence electrons. The van der Waals surface area contributed by atoms with Gasteiger partial charge in [0.25, 0.3) is 5.91 Å². The highest BCUT2D eigenvalue weighted by molar-refractivity contribution is 7.80. The molecule has 1 amide bonds. The maximum atomic E-state index is 12.3. The third-order valence-electron chi connectivity index (χ3n) is 3.48. The van der Waals surface area contributed by atoms with E-state index in [1.807, 2.05) is 24.3 Å². The summed E-state index contributed by atoms with van der Waals surface area (Å²) in [6, 6.07) is 14.2. The molecule has 0 fully saturated rings. The van der Waals surface area contributed by atoms with E-state index in [1.54, 1.807) is 31.4 Å². The molecular weight excluding hydrogens is 364 g/mol. The molecule has 6 nitrogen and oxygen atoms in total. The Hall–Kier alpha value is -2.64. The second-order valence-corrected chi connectivity index (χ2v) is 6.05. The first-order valence-electron chi connectivity index (χ1n) is 8.69. The van der Waals surface area contributed by atoms with Crippen molar-refractivity contribution in [3.05, 3.63) is 54.1 Å². The first-order chi connectivity index (χ1) is 13.1. The molecule has 0 aromatic heterocycles. The molecule has 0 heterocycles. The van der Waals surface area contributed by atoms with Crippen LogP contribution in [0.3, 0.4) is 0 Å². The number of thiocarbonyl (C=S) groups is 1. The molecule has 2 rings (SSSR count). The fourth-order valence-electron chi connectivity index (χ4n) is 2.14. The molecule has 0 spiro atoms. The number of benzene rings is 2. The summed E-state index contributed by atoms with van der Waals surface area (Å²) in [4.78, 5) is 12.3. The zero-order chi connectivity index (χ0) is 19.5. The second-order valence-electron chi connectivity index (χ2n) is 5.65. The van der Waals surface area contributed by atoms with Crippen LogP contribution in [0.2, 0.25) is 0 Å². The first-order valence-corrected chi connectivity index (χ1v) is 9.10. The van der Waals surface area contributed by atoms with Crippen LogP contribution in [-0.2, 0) is 4.74 Å². The lowest BCUT2D eigenvalue weighted by Crippen LogP contribution is -2.34. The zero-order valence-electron chi connectivity index (χ0n) is 15.5. The summed E-state index contributed by atoms with van der Waals surface area (Å²) in [5, 5.41) is 5.86. The van der Waals surface area contributed by atoms with Gasteiger partial charge in [-0.3, -0.25) is 10.1 Å². The van der Waals surface area contributed by atoms with Crippen LogP contribution in [0.5, 0.6) is 11.5 Å². The van der Waals surface area contributed by atoms with Gasteiger partial charge in [-0.15, -0.1) is 0 Å². The van der Waals surface area contributed by atoms with Gasteiger partial charge in [-0.1, -0.05) is 6.92 Å². The van der Waals surface area contributed by atoms with Crippen molar-refractivity contribution >= 4 is 28.9 Å². The first kappa shape index (κ1) is 20.7. The summed E-state index contributed by atoms with van der Waals surface area (Å²) in [6.07, 6.45) is 0.955. The Labute approximate surface area is 164 Å². The maximum absolute atomic E-state index is 12.3. The van der Waals surface area contributed by atoms with Crippen molar-refractivity contribution in [3.8, 4) is 11.5 Å². The summed E-state index contributed by atoms with van der Waals surface area (Å²) in [5.74, 6) is 1.18. The molecule has 2 N–H and O–H groups in total. The summed E-state index contributed by atoms with van der Waals surface area (Å²) in [5.41, 5.74) is 1.26. The Kier molecular flexibility index (Phi) is 8.54. The molecule has 0 bridgehead atoms. The van der Waals surface area contributed by atoms with Crippen molar-refractivity contribution in [1.82, 2.24) is 5.32 Å². The van der Waals surface area contributed by atoms with Gasteiger partial charge >= 0.3 is 0 Å². The number of rotatable bonds is 9. The second kappa shape index (κ2) is 11.2. The third-order valence-corrected chi connectivity index (χ3v) is 3.69. The van der Waals surface area contributed by atoms with Gasteiger partial charge in [0.1, 0.15) is 18.1 Å². The van der Waals surface area contributed by atoms with E-state index in [-0.39, 0.29) is 11.0 Å². The standard InChI is InChI=1S/C20H24N2O4S/c1-3-12-25-18-10-6-16(7-11-18)21-20(27)22-19(23)15-4-8-17(9-5-15)26-14-13-24-2/h4-11H,3,12-14H2,1-2H3,(H2,21,22,23,27). The van der Waals surface area contributed by atoms with Crippen LogP contribution in [0.15, 0.2) is 48.5 Å². The molecule has 0 aliphatic heterocycles. The molecule has 0 atom stereocenters.